The van der Waals surface area contributed by atoms with E-state index < -0.39 is 136 Å². The molecule has 3 aliphatic rings. The number of unbranched alkanes of at least 4 members (excludes halogenated alkanes) is 1. The van der Waals surface area contributed by atoms with E-state index in [-0.39, 0.29) is 64.2 Å². The number of rotatable bonds is 25. The number of anilines is 3. The number of imidazole rings is 3. The second-order valence-corrected chi connectivity index (χ2v) is 24.4. The average Bonchev–Trinajstić information content (AvgIpc) is 4.33. The number of nitrogens with two attached hydrogens (primary N) is 3. The molecule has 0 spiro atoms. The van der Waals surface area contributed by atoms with Crippen molar-refractivity contribution < 1.29 is 108 Å². The number of ether oxygens (including phenoxy) is 5. The molecule has 39 nitrogen and oxygen atoms in total. The molecule has 6 aromatic rings. The molecule has 0 aromatic carbocycles. The number of aryl methyl sites for hydroxylation is 1. The van der Waals surface area contributed by atoms with Crippen LogP contribution in [0.1, 0.15) is 44.9 Å². The lowest BCUT2D eigenvalue weighted by Crippen LogP contribution is -2.39. The zero-order valence-corrected chi connectivity index (χ0v) is 46.0. The largest absolute Gasteiger partial charge is 0.756 e. The lowest BCUT2D eigenvalue weighted by Gasteiger charge is -2.31. The maximum atomic E-state index is 13.6. The second kappa shape index (κ2) is 23.8. The average molecular weight is 1230 g/mol. The smallest absolute Gasteiger partial charge is 0.490 e. The fourth-order valence-corrected chi connectivity index (χ4v) is 13.8. The third-order valence-corrected chi connectivity index (χ3v) is 18.2. The number of nitrogens with one attached hydrogen (secondary N) is 2. The summed E-state index contributed by atoms with van der Waals surface area (Å²) in [5, 5.41) is 33.3. The predicted molar refractivity (Wildman–Crippen MR) is 265 cm³/mol. The molecule has 6 aromatic heterocycles. The van der Waals surface area contributed by atoms with Crippen molar-refractivity contribution in [3.8, 4) is 0 Å². The van der Waals surface area contributed by atoms with Crippen molar-refractivity contribution in [1.82, 2.24) is 53.6 Å². The van der Waals surface area contributed by atoms with Crippen LogP contribution >= 0.6 is 31.3 Å². The van der Waals surface area contributed by atoms with E-state index in [2.05, 4.69) is 48.5 Å². The summed E-state index contributed by atoms with van der Waals surface area (Å²) in [6, 6.07) is 0. The van der Waals surface area contributed by atoms with Gasteiger partial charge >= 0.3 is 29.0 Å². The summed E-state index contributed by atoms with van der Waals surface area (Å²) in [5.41, 5.74) is 15.8. The first-order valence-corrected chi connectivity index (χ1v) is 30.0. The molecule has 3 aliphatic heterocycles. The Hall–Kier alpha value is -5.15. The van der Waals surface area contributed by atoms with Gasteiger partial charge in [-0.05, 0) is 12.8 Å². The van der Waals surface area contributed by atoms with Crippen LogP contribution in [0.3, 0.4) is 0 Å². The Morgan fingerprint density at radius 3 is 1.98 bits per heavy atom. The number of phosphoric acid groups is 4. The Bertz CT molecular complexity index is 3590. The number of methoxy groups -OCH3 is 1. The zero-order chi connectivity index (χ0) is 58.5. The van der Waals surface area contributed by atoms with E-state index in [4.69, 9.17) is 59.0 Å². The summed E-state index contributed by atoms with van der Waals surface area (Å²) in [7, 11) is -21.1. The Labute approximate surface area is 453 Å². The molecular weight excluding hydrogens is 1170 g/mol. The molecule has 0 saturated carbocycles. The van der Waals surface area contributed by atoms with E-state index >= 15 is 0 Å². The van der Waals surface area contributed by atoms with Gasteiger partial charge in [-0.25, -0.2) is 38.2 Å². The summed E-state index contributed by atoms with van der Waals surface area (Å²) in [6.07, 6.45) is -11.5. The van der Waals surface area contributed by atoms with Crippen LogP contribution in [0.2, 0.25) is 0 Å². The first-order chi connectivity index (χ1) is 38.2. The number of hydrogen-bond donors (Lipinski definition) is 11. The maximum absolute atomic E-state index is 13.6. The van der Waals surface area contributed by atoms with Crippen LogP contribution in [0.5, 0.6) is 0 Å². The Morgan fingerprint density at radius 1 is 0.704 bits per heavy atom. The standard InChI is InChI=1S/C38H55N15O24P4/c1-4-5-7-68-8-6-16-17(72-34(23(16)54)53-15-50(2)22-31(53)47-38(41)49-33(22)58)9-70-79(61,62)76-81(65,66)77-80(63,64)71-11-19-26(27(67-3)36(74-19)51-13-44-20-28(39)42-12-43-29(20)51)75-78(59,60)69-10-18-24(55)25(56)35(73-18)52-14-45-21-30(52)46-37(40)48-32(21)57/h12-19,23-27,34-36,54-56H,4-11H2,1-3H3,(H11-,39,40,41,42,43,46,47,48,49,57,58,59,60,61,62,63,64,65,66)/t16-,17-,18-,19?,23-,24-,25-,26-,27-,34-,35-,36-/m1/s1. The minimum atomic E-state index is -6.20. The highest BCUT2D eigenvalue weighted by Crippen LogP contribution is 2.68. The van der Waals surface area contributed by atoms with Gasteiger partial charge in [-0.2, -0.15) is 23.2 Å². The molecule has 9 rings (SSSR count). The number of aromatic amines is 2. The fourth-order valence-electron chi connectivity index (χ4n) is 9.29. The first kappa shape index (κ1) is 60.4. The number of H-pyrrole nitrogens is 2. The number of nitrogens with zero attached hydrogens (tertiary/aromatic N) is 10. The van der Waals surface area contributed by atoms with Gasteiger partial charge in [0.25, 0.3) is 24.5 Å². The Morgan fingerprint density at radius 2 is 1.30 bits per heavy atom. The van der Waals surface area contributed by atoms with Gasteiger partial charge in [0.1, 0.15) is 54.6 Å². The predicted octanol–water partition coefficient (Wildman–Crippen LogP) is -2.88. The molecule has 43 heteroatoms. The highest BCUT2D eigenvalue weighted by atomic mass is 31.3. The highest BCUT2D eigenvalue weighted by molar-refractivity contribution is 7.66. The molecular formula is C38H55N15O24P4. The maximum Gasteiger partial charge on any atom is 0.490 e. The van der Waals surface area contributed by atoms with E-state index in [1.807, 2.05) is 6.92 Å². The lowest BCUT2D eigenvalue weighted by molar-refractivity contribution is -0.646. The number of aliphatic hydroxyl groups is 3. The number of aliphatic hydroxyl groups excluding tert-OH is 3. The van der Waals surface area contributed by atoms with Crippen molar-refractivity contribution >= 4 is 82.5 Å². The first-order valence-electron chi connectivity index (χ1n) is 24.1. The van der Waals surface area contributed by atoms with Gasteiger partial charge in [0.05, 0.1) is 45.6 Å². The number of aromatic nitrogens is 12. The number of nitrogen functional groups attached to an aromatic ring is 3. The van der Waals surface area contributed by atoms with Crippen molar-refractivity contribution in [2.75, 3.05) is 57.3 Å². The number of hydrogen-bond acceptors (Lipinski definition) is 30. The highest BCUT2D eigenvalue weighted by Gasteiger charge is 2.53. The van der Waals surface area contributed by atoms with Crippen LogP contribution in [-0.2, 0) is 75.7 Å². The summed E-state index contributed by atoms with van der Waals surface area (Å²) in [6.45, 7) is -0.867. The van der Waals surface area contributed by atoms with Crippen LogP contribution in [0.25, 0.3) is 33.5 Å². The monoisotopic (exact) mass is 1230 g/mol. The van der Waals surface area contributed by atoms with Crippen LogP contribution in [0.4, 0.5) is 17.7 Å². The van der Waals surface area contributed by atoms with Crippen molar-refractivity contribution in [3.05, 3.63) is 46.0 Å². The minimum absolute atomic E-state index is 0.00195. The van der Waals surface area contributed by atoms with E-state index in [9.17, 15) is 62.7 Å². The molecule has 16 atom stereocenters. The second-order valence-electron chi connectivity index (χ2n) is 18.4. The molecule has 14 N–H and O–H groups in total. The van der Waals surface area contributed by atoms with E-state index in [0.717, 1.165) is 43.5 Å². The van der Waals surface area contributed by atoms with Crippen LogP contribution in [0, 0.1) is 5.92 Å². The van der Waals surface area contributed by atoms with E-state index in [1.165, 1.54) is 27.1 Å². The van der Waals surface area contributed by atoms with Crippen LogP contribution in [-0.4, -0.2) is 173 Å². The summed E-state index contributed by atoms with van der Waals surface area (Å²) in [5.74, 6) is -1.61. The van der Waals surface area contributed by atoms with E-state index in [0.29, 0.717) is 6.61 Å². The SMILES string of the molecule is CCCCOCC[C@H]1[C@@H](O)[C@H](n2c[n+](C)c3c(=O)[nH]c(N)nc32)O[C@@H]1COP(=O)(O)OP(=O)(O)OP(=O)(O)OCC1O[C@@H](n2cnc3c(N)ncnc32)[C@H](OC)[C@@H]1OP(=O)([O-])OC[C@H]1O[C@@H](n2cnc3c(=O)[nH]c(N)nc32)[C@H](O)[C@@H]1O. The quantitative estimate of drug-likeness (QED) is 0.0156. The molecule has 5 unspecified atom stereocenters. The molecule has 3 fully saturated rings. The van der Waals surface area contributed by atoms with Crippen molar-refractivity contribution in [3.63, 3.8) is 0 Å². The van der Waals surface area contributed by atoms with Crippen molar-refractivity contribution in [2.24, 2.45) is 13.0 Å². The summed E-state index contributed by atoms with van der Waals surface area (Å²) in [4.78, 5) is 99.5. The lowest BCUT2D eigenvalue weighted by atomic mass is 9.95. The molecule has 0 amide bonds. The fraction of sp³-hybridized carbons (Fsp3) is 0.605. The third-order valence-electron chi connectivity index (χ3n) is 13.0. The van der Waals surface area contributed by atoms with Gasteiger partial charge in [-0.1, -0.05) is 13.3 Å². The molecule has 9 heterocycles. The zero-order valence-electron chi connectivity index (χ0n) is 42.4. The summed E-state index contributed by atoms with van der Waals surface area (Å²) < 4.78 is 116. The molecule has 81 heavy (non-hydrogen) atoms. The van der Waals surface area contributed by atoms with Crippen molar-refractivity contribution in [2.45, 2.75) is 93.7 Å². The van der Waals surface area contributed by atoms with Gasteiger partial charge in [0.15, 0.2) is 35.1 Å². The number of fused-ring (bicyclic) bond motifs is 3. The van der Waals surface area contributed by atoms with Gasteiger partial charge in [-0.3, -0.25) is 42.3 Å². The third kappa shape index (κ3) is 13.0. The molecule has 446 valence electrons. The number of phosphoric ester groups is 3. The van der Waals surface area contributed by atoms with Gasteiger partial charge in [0, 0.05) is 26.2 Å². The summed E-state index contributed by atoms with van der Waals surface area (Å²) >= 11 is 0. The molecule has 3 saturated heterocycles. The Balaban J connectivity index is 0.871. The Kier molecular flexibility index (Phi) is 17.8. The normalized spacial score (nSPS) is 29.1. The molecule has 0 aliphatic carbocycles. The molecule has 0 radical (unpaired) electrons. The van der Waals surface area contributed by atoms with Crippen molar-refractivity contribution in [1.29, 1.82) is 0 Å². The van der Waals surface area contributed by atoms with Gasteiger partial charge in [-0.15, -0.1) is 0 Å². The van der Waals surface area contributed by atoms with Gasteiger partial charge in [0.2, 0.25) is 24.5 Å². The van der Waals surface area contributed by atoms with Crippen LogP contribution < -0.4 is 37.8 Å². The van der Waals surface area contributed by atoms with Gasteiger partial charge < -0.3 is 84.8 Å². The topological polar surface area (TPSA) is 554 Å². The minimum Gasteiger partial charge on any atom is -0.756 e. The molecule has 0 bridgehead atoms. The van der Waals surface area contributed by atoms with Crippen LogP contribution in [0.15, 0.2) is 34.9 Å². The van der Waals surface area contributed by atoms with E-state index in [1.54, 1.807) is 0 Å².